The number of nitrogens with zero attached hydrogens (tertiary/aromatic N) is 1. The summed E-state index contributed by atoms with van der Waals surface area (Å²) in [5, 5.41) is 0. The van der Waals surface area contributed by atoms with Crippen molar-refractivity contribution >= 4 is 38.9 Å². The molecule has 1 nitrogen and oxygen atoms in total. The molecule has 0 aliphatic carbocycles. The van der Waals surface area contributed by atoms with Crippen molar-refractivity contribution in [3.8, 4) is 0 Å². The van der Waals surface area contributed by atoms with Crippen LogP contribution >= 0.6 is 38.9 Å². The van der Waals surface area contributed by atoms with E-state index in [1.807, 2.05) is 0 Å². The molecule has 80 valence electrons. The molecule has 0 fully saturated rings. The molecule has 0 aromatic carbocycles. The zero-order chi connectivity index (χ0) is 10.4. The first-order valence-corrected chi connectivity index (χ1v) is 6.93. The summed E-state index contributed by atoms with van der Waals surface area (Å²) in [6.45, 7) is 5.33. The van der Waals surface area contributed by atoms with E-state index in [2.05, 4.69) is 39.9 Å². The summed E-state index contributed by atoms with van der Waals surface area (Å²) in [5.74, 6) is 0.715. The largest absolute Gasteiger partial charge is 0.297 e. The van der Waals surface area contributed by atoms with Crippen LogP contribution in [0, 0.1) is 0 Å². The summed E-state index contributed by atoms with van der Waals surface area (Å²) < 4.78 is 1.20. The lowest BCUT2D eigenvalue weighted by Gasteiger charge is -2.19. The van der Waals surface area contributed by atoms with Crippen LogP contribution in [0.15, 0.2) is 15.9 Å². The van der Waals surface area contributed by atoms with Crippen LogP contribution in [-0.2, 0) is 6.54 Å². The SMILES string of the molecule is CCCN(CCCl)Cc1ccc(Br)s1. The topological polar surface area (TPSA) is 3.24 Å². The monoisotopic (exact) mass is 295 g/mol. The lowest BCUT2D eigenvalue weighted by Crippen LogP contribution is -2.25. The number of hydrogen-bond acceptors (Lipinski definition) is 2. The van der Waals surface area contributed by atoms with E-state index in [0.29, 0.717) is 5.88 Å². The molecule has 14 heavy (non-hydrogen) atoms. The quantitative estimate of drug-likeness (QED) is 0.718. The van der Waals surface area contributed by atoms with Gasteiger partial charge >= 0.3 is 0 Å². The van der Waals surface area contributed by atoms with Crippen LogP contribution in [0.2, 0.25) is 0 Å². The number of alkyl halides is 1. The Bertz CT molecular complexity index is 258. The number of halogens is 2. The van der Waals surface area contributed by atoms with Gasteiger partial charge in [0.2, 0.25) is 0 Å². The Labute approximate surface area is 103 Å². The van der Waals surface area contributed by atoms with E-state index in [9.17, 15) is 0 Å². The molecule has 0 unspecified atom stereocenters. The van der Waals surface area contributed by atoms with E-state index in [-0.39, 0.29) is 0 Å². The van der Waals surface area contributed by atoms with Crippen LogP contribution in [-0.4, -0.2) is 23.9 Å². The lowest BCUT2D eigenvalue weighted by atomic mass is 10.3. The van der Waals surface area contributed by atoms with Gasteiger partial charge in [0.15, 0.2) is 0 Å². The minimum absolute atomic E-state index is 0.715. The van der Waals surface area contributed by atoms with Gasteiger partial charge in [-0.05, 0) is 41.0 Å². The van der Waals surface area contributed by atoms with Crippen LogP contribution in [0.1, 0.15) is 18.2 Å². The van der Waals surface area contributed by atoms with Crippen LogP contribution < -0.4 is 0 Å². The molecule has 0 saturated carbocycles. The fraction of sp³-hybridized carbons (Fsp3) is 0.600. The molecule has 0 spiro atoms. The van der Waals surface area contributed by atoms with Crippen LogP contribution in [0.3, 0.4) is 0 Å². The van der Waals surface area contributed by atoms with E-state index in [1.165, 1.54) is 15.1 Å². The van der Waals surface area contributed by atoms with Gasteiger partial charge in [0, 0.05) is 23.8 Å². The fourth-order valence-corrected chi connectivity index (χ4v) is 3.13. The number of thiophene rings is 1. The van der Waals surface area contributed by atoms with Gasteiger partial charge in [0.1, 0.15) is 0 Å². The standard InChI is InChI=1S/C10H15BrClNS/c1-2-6-13(7-5-12)8-9-3-4-10(11)14-9/h3-4H,2,5-8H2,1H3. The molecule has 0 atom stereocenters. The maximum absolute atomic E-state index is 5.76. The van der Waals surface area contributed by atoms with Gasteiger partial charge in [0.05, 0.1) is 3.79 Å². The average Bonchev–Trinajstić information content (AvgIpc) is 2.52. The zero-order valence-electron chi connectivity index (χ0n) is 8.30. The molecule has 1 rings (SSSR count). The van der Waals surface area contributed by atoms with Crippen molar-refractivity contribution in [1.82, 2.24) is 4.90 Å². The van der Waals surface area contributed by atoms with Gasteiger partial charge in [-0.2, -0.15) is 0 Å². The van der Waals surface area contributed by atoms with Crippen LogP contribution in [0.4, 0.5) is 0 Å². The second kappa shape index (κ2) is 6.83. The lowest BCUT2D eigenvalue weighted by molar-refractivity contribution is 0.285. The van der Waals surface area contributed by atoms with E-state index >= 15 is 0 Å². The summed E-state index contributed by atoms with van der Waals surface area (Å²) in [6.07, 6.45) is 1.18. The molecular formula is C10H15BrClNS. The average molecular weight is 297 g/mol. The molecule has 0 radical (unpaired) electrons. The van der Waals surface area contributed by atoms with Gasteiger partial charge in [-0.3, -0.25) is 4.90 Å². The first-order valence-electron chi connectivity index (χ1n) is 4.78. The van der Waals surface area contributed by atoms with Crippen molar-refractivity contribution in [2.24, 2.45) is 0 Å². The van der Waals surface area contributed by atoms with Crippen molar-refractivity contribution in [2.75, 3.05) is 19.0 Å². The number of rotatable bonds is 6. The highest BCUT2D eigenvalue weighted by atomic mass is 79.9. The zero-order valence-corrected chi connectivity index (χ0v) is 11.5. The fourth-order valence-electron chi connectivity index (χ4n) is 1.36. The van der Waals surface area contributed by atoms with E-state index in [1.54, 1.807) is 11.3 Å². The Morgan fingerprint density at radius 1 is 1.43 bits per heavy atom. The summed E-state index contributed by atoms with van der Waals surface area (Å²) in [5.41, 5.74) is 0. The Morgan fingerprint density at radius 3 is 2.71 bits per heavy atom. The van der Waals surface area contributed by atoms with Crippen LogP contribution in [0.5, 0.6) is 0 Å². The highest BCUT2D eigenvalue weighted by Gasteiger charge is 2.05. The van der Waals surface area contributed by atoms with Crippen molar-refractivity contribution in [2.45, 2.75) is 19.9 Å². The molecule has 0 saturated heterocycles. The maximum atomic E-state index is 5.76. The minimum atomic E-state index is 0.715. The third kappa shape index (κ3) is 4.30. The molecule has 0 amide bonds. The summed E-state index contributed by atoms with van der Waals surface area (Å²) in [7, 11) is 0. The number of hydrogen-bond donors (Lipinski definition) is 0. The second-order valence-electron chi connectivity index (χ2n) is 3.17. The predicted octanol–water partition coefficient (Wildman–Crippen LogP) is 3.96. The highest BCUT2D eigenvalue weighted by molar-refractivity contribution is 9.11. The maximum Gasteiger partial charge on any atom is 0.0701 e. The summed E-state index contributed by atoms with van der Waals surface area (Å²) in [6, 6.07) is 4.27. The van der Waals surface area contributed by atoms with Crippen molar-refractivity contribution in [1.29, 1.82) is 0 Å². The normalized spacial score (nSPS) is 11.1. The molecular weight excluding hydrogens is 282 g/mol. The first-order chi connectivity index (χ1) is 6.76. The van der Waals surface area contributed by atoms with Crippen molar-refractivity contribution < 1.29 is 0 Å². The molecule has 0 aliphatic heterocycles. The minimum Gasteiger partial charge on any atom is -0.297 e. The van der Waals surface area contributed by atoms with Crippen molar-refractivity contribution in [3.05, 3.63) is 20.8 Å². The van der Waals surface area contributed by atoms with Gasteiger partial charge in [-0.15, -0.1) is 22.9 Å². The molecule has 4 heteroatoms. The van der Waals surface area contributed by atoms with Gasteiger partial charge in [-0.25, -0.2) is 0 Å². The summed E-state index contributed by atoms with van der Waals surface area (Å²) >= 11 is 11.0. The Hall–Kier alpha value is 0.430. The third-order valence-electron chi connectivity index (χ3n) is 1.95. The van der Waals surface area contributed by atoms with E-state index < -0.39 is 0 Å². The van der Waals surface area contributed by atoms with Gasteiger partial charge in [0.25, 0.3) is 0 Å². The molecule has 0 bridgehead atoms. The van der Waals surface area contributed by atoms with E-state index in [4.69, 9.17) is 11.6 Å². The smallest absolute Gasteiger partial charge is 0.0701 e. The molecule has 0 N–H and O–H groups in total. The Kier molecular flexibility index (Phi) is 6.10. The molecule has 1 heterocycles. The predicted molar refractivity (Wildman–Crippen MR) is 68.3 cm³/mol. The Morgan fingerprint density at radius 2 is 2.21 bits per heavy atom. The van der Waals surface area contributed by atoms with Crippen molar-refractivity contribution in [3.63, 3.8) is 0 Å². The molecule has 0 aliphatic rings. The van der Waals surface area contributed by atoms with Gasteiger partial charge < -0.3 is 0 Å². The Balaban J connectivity index is 2.46. The molecule has 1 aromatic heterocycles. The second-order valence-corrected chi connectivity index (χ2v) is 6.10. The molecule has 1 aromatic rings. The van der Waals surface area contributed by atoms with E-state index in [0.717, 1.165) is 19.6 Å². The first kappa shape index (κ1) is 12.5. The third-order valence-corrected chi connectivity index (χ3v) is 3.73. The summed E-state index contributed by atoms with van der Waals surface area (Å²) in [4.78, 5) is 3.79. The van der Waals surface area contributed by atoms with Crippen LogP contribution in [0.25, 0.3) is 0 Å². The van der Waals surface area contributed by atoms with Gasteiger partial charge in [-0.1, -0.05) is 6.92 Å². The highest BCUT2D eigenvalue weighted by Crippen LogP contribution is 2.23.